The van der Waals surface area contributed by atoms with Crippen molar-refractivity contribution in [3.8, 4) is 0 Å². The molecule has 0 radical (unpaired) electrons. The molecule has 0 spiro atoms. The van der Waals surface area contributed by atoms with Crippen molar-refractivity contribution in [3.63, 3.8) is 0 Å². The molecule has 1 heterocycles. The molecule has 3 aromatic carbocycles. The van der Waals surface area contributed by atoms with Crippen LogP contribution in [0.3, 0.4) is 0 Å². The number of nitrogens with zero attached hydrogens (tertiary/aromatic N) is 1. The van der Waals surface area contributed by atoms with Crippen LogP contribution in [0.1, 0.15) is 34.2 Å². The zero-order valence-electron chi connectivity index (χ0n) is 13.9. The van der Waals surface area contributed by atoms with Crippen LogP contribution in [-0.4, -0.2) is 17.9 Å². The first kappa shape index (κ1) is 15.9. The van der Waals surface area contributed by atoms with Crippen molar-refractivity contribution in [2.24, 2.45) is 0 Å². The van der Waals surface area contributed by atoms with E-state index in [1.54, 1.807) is 0 Å². The SMILES string of the molecule is CN1C(=O)[C@@H](c2ccccc2)c2cc(Cl)ccc2[C@@H]1c1ccccc1. The molecule has 0 aliphatic carbocycles. The summed E-state index contributed by atoms with van der Waals surface area (Å²) in [7, 11) is 1.88. The van der Waals surface area contributed by atoms with Crippen LogP contribution < -0.4 is 0 Å². The maximum Gasteiger partial charge on any atom is 0.235 e. The molecule has 1 amide bonds. The van der Waals surface area contributed by atoms with Gasteiger partial charge in [-0.15, -0.1) is 0 Å². The number of fused-ring (bicyclic) bond motifs is 1. The van der Waals surface area contributed by atoms with Gasteiger partial charge in [-0.3, -0.25) is 4.79 Å². The number of hydrogen-bond donors (Lipinski definition) is 0. The van der Waals surface area contributed by atoms with Crippen molar-refractivity contribution in [2.75, 3.05) is 7.05 Å². The summed E-state index contributed by atoms with van der Waals surface area (Å²) < 4.78 is 0. The second kappa shape index (κ2) is 6.38. The quantitative estimate of drug-likeness (QED) is 0.636. The van der Waals surface area contributed by atoms with Crippen LogP contribution >= 0.6 is 11.6 Å². The van der Waals surface area contributed by atoms with Crippen molar-refractivity contribution in [1.29, 1.82) is 0 Å². The smallest absolute Gasteiger partial charge is 0.235 e. The second-order valence-electron chi connectivity index (χ2n) is 6.38. The van der Waals surface area contributed by atoms with Crippen LogP contribution in [0.25, 0.3) is 0 Å². The zero-order chi connectivity index (χ0) is 17.4. The lowest BCUT2D eigenvalue weighted by Crippen LogP contribution is -2.41. The van der Waals surface area contributed by atoms with Gasteiger partial charge in [0.15, 0.2) is 0 Å². The first-order chi connectivity index (χ1) is 12.2. The van der Waals surface area contributed by atoms with E-state index >= 15 is 0 Å². The Kier molecular flexibility index (Phi) is 4.06. The summed E-state index contributed by atoms with van der Waals surface area (Å²) in [5, 5.41) is 0.656. The predicted octanol–water partition coefficient (Wildman–Crippen LogP) is 5.03. The molecule has 0 unspecified atom stereocenters. The highest BCUT2D eigenvalue weighted by atomic mass is 35.5. The molecule has 1 aliphatic heterocycles. The van der Waals surface area contributed by atoms with Crippen LogP contribution in [0.5, 0.6) is 0 Å². The Bertz CT molecular complexity index is 908. The molecule has 0 fully saturated rings. The normalized spacial score (nSPS) is 19.6. The highest BCUT2D eigenvalue weighted by molar-refractivity contribution is 6.30. The molecule has 0 saturated heterocycles. The van der Waals surface area contributed by atoms with Gasteiger partial charge >= 0.3 is 0 Å². The largest absolute Gasteiger partial charge is 0.334 e. The Hall–Kier alpha value is -2.58. The summed E-state index contributed by atoms with van der Waals surface area (Å²) >= 11 is 6.28. The highest BCUT2D eigenvalue weighted by Gasteiger charge is 2.38. The van der Waals surface area contributed by atoms with E-state index in [1.165, 1.54) is 0 Å². The zero-order valence-corrected chi connectivity index (χ0v) is 14.6. The number of carbonyl (C=O) groups is 1. The average Bonchev–Trinajstić information content (AvgIpc) is 2.65. The Morgan fingerprint density at radius 1 is 0.800 bits per heavy atom. The van der Waals surface area contributed by atoms with E-state index in [0.29, 0.717) is 5.02 Å². The molecule has 2 nitrogen and oxygen atoms in total. The van der Waals surface area contributed by atoms with Gasteiger partial charge in [-0.25, -0.2) is 0 Å². The lowest BCUT2D eigenvalue weighted by molar-refractivity contribution is -0.133. The molecule has 0 aromatic heterocycles. The van der Waals surface area contributed by atoms with E-state index in [4.69, 9.17) is 11.6 Å². The van der Waals surface area contributed by atoms with Crippen LogP contribution in [0, 0.1) is 0 Å². The van der Waals surface area contributed by atoms with Gasteiger partial charge in [-0.2, -0.15) is 0 Å². The molecule has 4 rings (SSSR count). The topological polar surface area (TPSA) is 20.3 Å². The van der Waals surface area contributed by atoms with Crippen molar-refractivity contribution >= 4 is 17.5 Å². The van der Waals surface area contributed by atoms with Crippen molar-refractivity contribution < 1.29 is 4.79 Å². The van der Waals surface area contributed by atoms with Crippen LogP contribution in [-0.2, 0) is 4.79 Å². The van der Waals surface area contributed by atoms with Gasteiger partial charge in [0.25, 0.3) is 0 Å². The summed E-state index contributed by atoms with van der Waals surface area (Å²) in [6.07, 6.45) is 0. The summed E-state index contributed by atoms with van der Waals surface area (Å²) in [6, 6.07) is 25.8. The van der Waals surface area contributed by atoms with Gasteiger partial charge in [0.1, 0.15) is 0 Å². The lowest BCUT2D eigenvalue weighted by atomic mass is 9.79. The van der Waals surface area contributed by atoms with E-state index in [-0.39, 0.29) is 17.9 Å². The summed E-state index contributed by atoms with van der Waals surface area (Å²) in [5.41, 5.74) is 4.23. The predicted molar refractivity (Wildman–Crippen MR) is 101 cm³/mol. The van der Waals surface area contributed by atoms with Crippen LogP contribution in [0.15, 0.2) is 78.9 Å². The van der Waals surface area contributed by atoms with E-state index in [1.807, 2.05) is 78.7 Å². The average molecular weight is 348 g/mol. The Labute approximate surface area is 152 Å². The fraction of sp³-hybridized carbons (Fsp3) is 0.136. The number of benzene rings is 3. The van der Waals surface area contributed by atoms with E-state index in [2.05, 4.69) is 12.1 Å². The van der Waals surface area contributed by atoms with Crippen LogP contribution in [0.2, 0.25) is 5.02 Å². The maximum absolute atomic E-state index is 13.3. The number of likely N-dealkylation sites (N-methyl/N-ethyl adjacent to an activating group) is 1. The monoisotopic (exact) mass is 347 g/mol. The minimum absolute atomic E-state index is 0.0924. The number of amides is 1. The Morgan fingerprint density at radius 2 is 1.40 bits per heavy atom. The minimum atomic E-state index is -0.320. The third-order valence-corrected chi connectivity index (χ3v) is 5.12. The first-order valence-corrected chi connectivity index (χ1v) is 8.70. The summed E-state index contributed by atoms with van der Waals surface area (Å²) in [5.74, 6) is -0.227. The van der Waals surface area contributed by atoms with Gasteiger partial charge in [-0.1, -0.05) is 78.3 Å². The molecule has 0 saturated carbocycles. The van der Waals surface area contributed by atoms with E-state index < -0.39 is 0 Å². The fourth-order valence-corrected chi connectivity index (χ4v) is 3.90. The van der Waals surface area contributed by atoms with Crippen molar-refractivity contribution in [1.82, 2.24) is 4.90 Å². The number of carbonyl (C=O) groups excluding carboxylic acids is 1. The molecule has 2 atom stereocenters. The third kappa shape index (κ3) is 2.73. The van der Waals surface area contributed by atoms with Crippen molar-refractivity contribution in [3.05, 3.63) is 106 Å². The highest BCUT2D eigenvalue weighted by Crippen LogP contribution is 2.43. The van der Waals surface area contributed by atoms with Gasteiger partial charge in [0.05, 0.1) is 12.0 Å². The van der Waals surface area contributed by atoms with E-state index in [9.17, 15) is 4.79 Å². The maximum atomic E-state index is 13.3. The molecule has 3 heteroatoms. The Balaban J connectivity index is 1.93. The molecule has 25 heavy (non-hydrogen) atoms. The number of halogens is 1. The molecule has 1 aliphatic rings. The van der Waals surface area contributed by atoms with Gasteiger partial charge in [-0.05, 0) is 34.4 Å². The van der Waals surface area contributed by atoms with Crippen molar-refractivity contribution in [2.45, 2.75) is 12.0 Å². The van der Waals surface area contributed by atoms with Gasteiger partial charge in [0.2, 0.25) is 5.91 Å². The molecular weight excluding hydrogens is 330 g/mol. The lowest BCUT2D eigenvalue weighted by Gasteiger charge is -2.39. The summed E-state index contributed by atoms with van der Waals surface area (Å²) in [6.45, 7) is 0. The molecule has 0 N–H and O–H groups in total. The molecule has 124 valence electrons. The van der Waals surface area contributed by atoms with Gasteiger partial charge < -0.3 is 4.90 Å². The van der Waals surface area contributed by atoms with Gasteiger partial charge in [0, 0.05) is 12.1 Å². The van der Waals surface area contributed by atoms with E-state index in [0.717, 1.165) is 22.3 Å². The molecule has 0 bridgehead atoms. The first-order valence-electron chi connectivity index (χ1n) is 8.32. The fourth-order valence-electron chi connectivity index (χ4n) is 3.72. The summed E-state index contributed by atoms with van der Waals surface area (Å²) in [4.78, 5) is 15.1. The standard InChI is InChI=1S/C22H18ClNO/c1-24-21(16-10-6-3-7-11-16)18-13-12-17(23)14-19(18)20(22(24)25)15-8-4-2-5-9-15/h2-14,20-21H,1H3/t20-,21-/m0/s1. The minimum Gasteiger partial charge on any atom is -0.334 e. The molecular formula is C22H18ClNO. The molecule has 3 aromatic rings. The van der Waals surface area contributed by atoms with Crippen LogP contribution in [0.4, 0.5) is 0 Å². The Morgan fingerprint density at radius 3 is 2.04 bits per heavy atom. The third-order valence-electron chi connectivity index (χ3n) is 4.88. The second-order valence-corrected chi connectivity index (χ2v) is 6.82. The number of hydrogen-bond acceptors (Lipinski definition) is 1. The number of rotatable bonds is 2.